The fourth-order valence-electron chi connectivity index (χ4n) is 1.51. The van der Waals surface area contributed by atoms with Gasteiger partial charge in [0.15, 0.2) is 0 Å². The number of rotatable bonds is 2. The van der Waals surface area contributed by atoms with Crippen LogP contribution in [0, 0.1) is 0 Å². The summed E-state index contributed by atoms with van der Waals surface area (Å²) in [6.07, 6.45) is 0. The van der Waals surface area contributed by atoms with Gasteiger partial charge in [0.1, 0.15) is 0 Å². The number of amides is 2. The molecule has 0 radical (unpaired) electrons. The molecule has 0 spiro atoms. The molecule has 0 saturated carbocycles. The molecule has 0 aliphatic heterocycles. The van der Waals surface area contributed by atoms with Crippen molar-refractivity contribution < 1.29 is 22.2 Å². The van der Waals surface area contributed by atoms with Gasteiger partial charge in [-0.2, -0.15) is 0 Å². The average Bonchev–Trinajstić information content (AvgIpc) is 2.47. The van der Waals surface area contributed by atoms with Gasteiger partial charge in [-0.3, -0.25) is 0 Å². The minimum atomic E-state index is -0.507. The molecule has 2 amide bonds. The van der Waals surface area contributed by atoms with Crippen molar-refractivity contribution in [1.82, 2.24) is 0 Å². The third kappa shape index (κ3) is 3.56. The van der Waals surface area contributed by atoms with Crippen LogP contribution < -0.4 is 21.7 Å². The standard InChI is InChI=1S/C13H14N4O.Cr/c14-16(11-7-3-1-4-8-11)13(18)17(15)12-9-5-2-6-10-12;/h1-10H,14-15H2;. The SMILES string of the molecule is NN(C(=O)N(N)c1ccccc1)c1ccccc1.[Cr]. The van der Waals surface area contributed by atoms with Crippen LogP contribution in [0.1, 0.15) is 0 Å². The van der Waals surface area contributed by atoms with Crippen molar-refractivity contribution in [3.05, 3.63) is 60.7 Å². The maximum atomic E-state index is 12.0. The van der Waals surface area contributed by atoms with Crippen LogP contribution >= 0.6 is 0 Å². The Morgan fingerprint density at radius 1 is 0.737 bits per heavy atom. The van der Waals surface area contributed by atoms with E-state index < -0.39 is 6.03 Å². The van der Waals surface area contributed by atoms with Gasteiger partial charge in [-0.25, -0.2) is 26.5 Å². The molecule has 2 aromatic rings. The summed E-state index contributed by atoms with van der Waals surface area (Å²) in [6, 6.07) is 17.3. The number of carbonyl (C=O) groups is 1. The number of benzene rings is 2. The first-order valence-corrected chi connectivity index (χ1v) is 5.44. The fourth-order valence-corrected chi connectivity index (χ4v) is 1.51. The quantitative estimate of drug-likeness (QED) is 0.504. The van der Waals surface area contributed by atoms with Crippen LogP contribution in [0.4, 0.5) is 16.2 Å². The van der Waals surface area contributed by atoms with Crippen LogP contribution in [-0.4, -0.2) is 6.03 Å². The number of para-hydroxylation sites is 2. The number of urea groups is 1. The van der Waals surface area contributed by atoms with Crippen molar-refractivity contribution in [3.8, 4) is 0 Å². The van der Waals surface area contributed by atoms with Crippen LogP contribution in [0.3, 0.4) is 0 Å². The molecule has 2 rings (SSSR count). The molecule has 0 heterocycles. The third-order valence-electron chi connectivity index (χ3n) is 2.48. The molecule has 0 atom stereocenters. The second-order valence-electron chi connectivity index (χ2n) is 3.69. The van der Waals surface area contributed by atoms with E-state index in [9.17, 15) is 4.79 Å². The van der Waals surface area contributed by atoms with Gasteiger partial charge in [0.05, 0.1) is 11.4 Å². The molecule has 0 aliphatic rings. The van der Waals surface area contributed by atoms with E-state index in [1.165, 1.54) is 0 Å². The predicted octanol–water partition coefficient (Wildman–Crippen LogP) is 1.86. The number of nitrogens with zero attached hydrogens (tertiary/aromatic N) is 2. The molecular formula is C13H14CrN4O. The van der Waals surface area contributed by atoms with Crippen LogP contribution in [0.2, 0.25) is 0 Å². The molecule has 5 nitrogen and oxygen atoms in total. The van der Waals surface area contributed by atoms with E-state index in [4.69, 9.17) is 11.7 Å². The van der Waals surface area contributed by atoms with E-state index in [1.807, 2.05) is 12.1 Å². The Morgan fingerprint density at radius 3 is 1.37 bits per heavy atom. The van der Waals surface area contributed by atoms with Gasteiger partial charge in [-0.1, -0.05) is 36.4 Å². The average molecular weight is 294 g/mol. The molecular weight excluding hydrogens is 280 g/mol. The van der Waals surface area contributed by atoms with Gasteiger partial charge in [0.2, 0.25) is 0 Å². The summed E-state index contributed by atoms with van der Waals surface area (Å²) < 4.78 is 0. The van der Waals surface area contributed by atoms with Gasteiger partial charge in [-0.05, 0) is 24.3 Å². The van der Waals surface area contributed by atoms with Crippen molar-refractivity contribution in [2.75, 3.05) is 10.0 Å². The van der Waals surface area contributed by atoms with Crippen molar-refractivity contribution >= 4 is 17.4 Å². The minimum absolute atomic E-state index is 0. The molecule has 0 bridgehead atoms. The minimum Gasteiger partial charge on any atom is -0.245 e. The molecule has 6 heteroatoms. The second kappa shape index (κ2) is 6.93. The number of nitrogens with two attached hydrogens (primary N) is 2. The first kappa shape index (κ1) is 15.2. The molecule has 2 aromatic carbocycles. The summed E-state index contributed by atoms with van der Waals surface area (Å²) in [5, 5.41) is 2.01. The van der Waals surface area contributed by atoms with Crippen LogP contribution in [0.15, 0.2) is 60.7 Å². The Hall–Kier alpha value is -1.84. The summed E-state index contributed by atoms with van der Waals surface area (Å²) in [5.74, 6) is 11.5. The monoisotopic (exact) mass is 294 g/mol. The number of anilines is 2. The first-order chi connectivity index (χ1) is 8.70. The van der Waals surface area contributed by atoms with E-state index in [0.717, 1.165) is 10.0 Å². The third-order valence-corrected chi connectivity index (χ3v) is 2.48. The van der Waals surface area contributed by atoms with E-state index in [-0.39, 0.29) is 17.4 Å². The van der Waals surface area contributed by atoms with E-state index >= 15 is 0 Å². The predicted molar refractivity (Wildman–Crippen MR) is 71.6 cm³/mol. The van der Waals surface area contributed by atoms with Crippen LogP contribution in [-0.2, 0) is 17.4 Å². The van der Waals surface area contributed by atoms with Crippen molar-refractivity contribution in [1.29, 1.82) is 0 Å². The largest absolute Gasteiger partial charge is 0.357 e. The Labute approximate surface area is 122 Å². The van der Waals surface area contributed by atoms with Crippen molar-refractivity contribution in [2.45, 2.75) is 0 Å². The Bertz CT molecular complexity index is 473. The zero-order valence-electron chi connectivity index (χ0n) is 10.1. The van der Waals surface area contributed by atoms with E-state index in [1.54, 1.807) is 48.5 Å². The maximum absolute atomic E-state index is 12.0. The summed E-state index contributed by atoms with van der Waals surface area (Å²) in [5.41, 5.74) is 1.16. The number of hydrogen-bond acceptors (Lipinski definition) is 3. The van der Waals surface area contributed by atoms with Crippen molar-refractivity contribution in [2.24, 2.45) is 11.7 Å². The number of hydrazine groups is 2. The topological polar surface area (TPSA) is 75.6 Å². The van der Waals surface area contributed by atoms with Gasteiger partial charge in [-0.15, -0.1) is 0 Å². The van der Waals surface area contributed by atoms with Crippen LogP contribution in [0.25, 0.3) is 0 Å². The molecule has 0 aliphatic carbocycles. The Balaban J connectivity index is 0.00000180. The molecule has 98 valence electrons. The maximum Gasteiger partial charge on any atom is 0.357 e. The van der Waals surface area contributed by atoms with E-state index in [2.05, 4.69) is 0 Å². The zero-order valence-corrected chi connectivity index (χ0v) is 11.4. The molecule has 4 N–H and O–H groups in total. The molecule has 0 saturated heterocycles. The zero-order chi connectivity index (χ0) is 13.0. The summed E-state index contributed by atoms with van der Waals surface area (Å²) in [4.78, 5) is 12.0. The summed E-state index contributed by atoms with van der Waals surface area (Å²) in [6.45, 7) is 0. The van der Waals surface area contributed by atoms with Gasteiger partial charge in [0.25, 0.3) is 0 Å². The molecule has 0 aromatic heterocycles. The molecule has 0 unspecified atom stereocenters. The Morgan fingerprint density at radius 2 is 1.05 bits per heavy atom. The normalized spacial score (nSPS) is 9.37. The fraction of sp³-hybridized carbons (Fsp3) is 0. The van der Waals surface area contributed by atoms with Gasteiger partial charge >= 0.3 is 6.03 Å². The summed E-state index contributed by atoms with van der Waals surface area (Å²) >= 11 is 0. The smallest absolute Gasteiger partial charge is 0.245 e. The van der Waals surface area contributed by atoms with E-state index in [0.29, 0.717) is 11.4 Å². The Kier molecular flexibility index (Phi) is 5.55. The second-order valence-corrected chi connectivity index (χ2v) is 3.69. The van der Waals surface area contributed by atoms with Crippen LogP contribution in [0.5, 0.6) is 0 Å². The number of carbonyl (C=O) groups excluding carboxylic acids is 1. The molecule has 19 heavy (non-hydrogen) atoms. The molecule has 0 fully saturated rings. The van der Waals surface area contributed by atoms with Crippen molar-refractivity contribution in [3.63, 3.8) is 0 Å². The summed E-state index contributed by atoms with van der Waals surface area (Å²) in [7, 11) is 0. The van der Waals surface area contributed by atoms with Gasteiger partial charge < -0.3 is 0 Å². The van der Waals surface area contributed by atoms with Gasteiger partial charge in [0, 0.05) is 17.4 Å². The number of hydrogen-bond donors (Lipinski definition) is 2. The first-order valence-electron chi connectivity index (χ1n) is 5.44.